The molecule has 0 atom stereocenters. The smallest absolute Gasteiger partial charge is 0.387 e. The number of ketones is 1. The van der Waals surface area contributed by atoms with E-state index < -0.39 is 6.61 Å². The van der Waals surface area contributed by atoms with Crippen molar-refractivity contribution < 1.29 is 18.3 Å². The molecular weight excluding hydrogens is 332 g/mol. The molecule has 0 aliphatic heterocycles. The summed E-state index contributed by atoms with van der Waals surface area (Å²) < 4.78 is 28.5. The van der Waals surface area contributed by atoms with E-state index in [1.54, 1.807) is 6.20 Å². The van der Waals surface area contributed by atoms with Gasteiger partial charge in [-0.05, 0) is 36.4 Å². The first-order valence-electron chi connectivity index (χ1n) is 7.18. The second-order valence-corrected chi connectivity index (χ2v) is 5.96. The number of Topliss-reactive ketones (excluding diaryl/α,β-unsaturated/α-hetero) is 1. The van der Waals surface area contributed by atoms with Crippen molar-refractivity contribution in [2.75, 3.05) is 5.75 Å². The zero-order valence-electron chi connectivity index (χ0n) is 12.5. The number of pyridine rings is 1. The van der Waals surface area contributed by atoms with Gasteiger partial charge in [0.1, 0.15) is 5.75 Å². The molecule has 122 valence electrons. The highest BCUT2D eigenvalue weighted by molar-refractivity contribution is 8.00. The number of hydrogen-bond donors (Lipinski definition) is 0. The van der Waals surface area contributed by atoms with Gasteiger partial charge in [-0.3, -0.25) is 9.78 Å². The average Bonchev–Trinajstić information content (AvgIpc) is 2.59. The van der Waals surface area contributed by atoms with Gasteiger partial charge in [-0.15, -0.1) is 11.8 Å². The number of aromatic nitrogens is 1. The van der Waals surface area contributed by atoms with Gasteiger partial charge in [0.25, 0.3) is 0 Å². The third kappa shape index (κ3) is 3.89. The number of para-hydroxylation sites is 1. The van der Waals surface area contributed by atoms with Gasteiger partial charge in [0.2, 0.25) is 0 Å². The number of halogens is 2. The van der Waals surface area contributed by atoms with Crippen molar-refractivity contribution in [3.63, 3.8) is 0 Å². The number of ether oxygens (including phenoxy) is 1. The van der Waals surface area contributed by atoms with Crippen LogP contribution in [0.15, 0.2) is 65.7 Å². The van der Waals surface area contributed by atoms with Crippen molar-refractivity contribution in [1.82, 2.24) is 4.98 Å². The molecule has 2 aromatic carbocycles. The fourth-order valence-corrected chi connectivity index (χ4v) is 3.18. The first-order chi connectivity index (χ1) is 11.6. The molecule has 0 unspecified atom stereocenters. The van der Waals surface area contributed by atoms with E-state index in [1.165, 1.54) is 36.0 Å². The molecule has 0 radical (unpaired) electrons. The second kappa shape index (κ2) is 7.40. The quantitative estimate of drug-likeness (QED) is 0.475. The molecule has 1 heterocycles. The Balaban J connectivity index is 1.68. The SMILES string of the molecule is O=C(CSc1ccnc2ccccc12)c1ccc(OC(F)F)cc1. The molecule has 0 saturated heterocycles. The van der Waals surface area contributed by atoms with Crippen molar-refractivity contribution >= 4 is 28.4 Å². The summed E-state index contributed by atoms with van der Waals surface area (Å²) in [5.74, 6) is 0.210. The molecule has 0 N–H and O–H groups in total. The normalized spacial score (nSPS) is 11.0. The van der Waals surface area contributed by atoms with E-state index in [9.17, 15) is 13.6 Å². The van der Waals surface area contributed by atoms with Crippen LogP contribution in [0.3, 0.4) is 0 Å². The van der Waals surface area contributed by atoms with E-state index in [-0.39, 0.29) is 17.3 Å². The highest BCUT2D eigenvalue weighted by atomic mass is 32.2. The van der Waals surface area contributed by atoms with Gasteiger partial charge in [0, 0.05) is 22.0 Å². The molecule has 24 heavy (non-hydrogen) atoms. The Morgan fingerprint density at radius 2 is 1.83 bits per heavy atom. The van der Waals surface area contributed by atoms with Crippen LogP contribution in [0.1, 0.15) is 10.4 Å². The van der Waals surface area contributed by atoms with E-state index in [0.29, 0.717) is 5.56 Å². The summed E-state index contributed by atoms with van der Waals surface area (Å²) in [6.45, 7) is -2.87. The van der Waals surface area contributed by atoms with Gasteiger partial charge in [-0.1, -0.05) is 18.2 Å². The summed E-state index contributed by atoms with van der Waals surface area (Å²) in [6, 6.07) is 15.3. The molecule has 0 amide bonds. The van der Waals surface area contributed by atoms with Crippen LogP contribution in [0.25, 0.3) is 10.9 Å². The van der Waals surface area contributed by atoms with E-state index in [1.807, 2.05) is 30.3 Å². The Hall–Kier alpha value is -2.47. The Kier molecular flexibility index (Phi) is 5.05. The summed E-state index contributed by atoms with van der Waals surface area (Å²) in [4.78, 5) is 17.5. The summed E-state index contributed by atoms with van der Waals surface area (Å²) in [5.41, 5.74) is 1.34. The molecule has 0 saturated carbocycles. The van der Waals surface area contributed by atoms with Gasteiger partial charge in [0.05, 0.1) is 11.3 Å². The fraction of sp³-hybridized carbons (Fsp3) is 0.111. The lowest BCUT2D eigenvalue weighted by molar-refractivity contribution is -0.0498. The van der Waals surface area contributed by atoms with Gasteiger partial charge in [0.15, 0.2) is 5.78 Å². The van der Waals surface area contributed by atoms with Crippen LogP contribution in [0, 0.1) is 0 Å². The van der Waals surface area contributed by atoms with Crippen LogP contribution in [0.4, 0.5) is 8.78 Å². The largest absolute Gasteiger partial charge is 0.435 e. The summed E-state index contributed by atoms with van der Waals surface area (Å²) in [6.07, 6.45) is 1.71. The van der Waals surface area contributed by atoms with Gasteiger partial charge in [-0.2, -0.15) is 8.78 Å². The van der Waals surface area contributed by atoms with Gasteiger partial charge in [-0.25, -0.2) is 0 Å². The molecule has 0 bridgehead atoms. The molecular formula is C18H13F2NO2S. The number of nitrogens with zero attached hydrogens (tertiary/aromatic N) is 1. The molecule has 0 spiro atoms. The minimum absolute atomic E-state index is 0.0364. The first kappa shape index (κ1) is 16.4. The molecule has 3 rings (SSSR count). The number of benzene rings is 2. The number of alkyl halides is 2. The lowest BCUT2D eigenvalue weighted by Crippen LogP contribution is -2.04. The molecule has 0 aliphatic carbocycles. The maximum absolute atomic E-state index is 12.3. The number of hydrogen-bond acceptors (Lipinski definition) is 4. The number of carbonyl (C=O) groups is 1. The summed E-state index contributed by atoms with van der Waals surface area (Å²) >= 11 is 1.43. The predicted molar refractivity (Wildman–Crippen MR) is 89.9 cm³/mol. The first-order valence-corrected chi connectivity index (χ1v) is 8.16. The van der Waals surface area contributed by atoms with E-state index in [2.05, 4.69) is 9.72 Å². The van der Waals surface area contributed by atoms with E-state index >= 15 is 0 Å². The maximum Gasteiger partial charge on any atom is 0.387 e. The zero-order chi connectivity index (χ0) is 16.9. The number of rotatable bonds is 6. The highest BCUT2D eigenvalue weighted by Gasteiger charge is 2.10. The molecule has 0 fully saturated rings. The topological polar surface area (TPSA) is 39.2 Å². The molecule has 1 aromatic heterocycles. The van der Waals surface area contributed by atoms with Crippen molar-refractivity contribution in [2.45, 2.75) is 11.5 Å². The van der Waals surface area contributed by atoms with Crippen LogP contribution in [-0.2, 0) is 0 Å². The standard InChI is InChI=1S/C18H13F2NO2S/c19-18(20)23-13-7-5-12(6-8-13)16(22)11-24-17-9-10-21-15-4-2-1-3-14(15)17/h1-10,18H,11H2. The minimum atomic E-state index is -2.87. The van der Waals surface area contributed by atoms with Gasteiger partial charge >= 0.3 is 6.61 Å². The predicted octanol–water partition coefficient (Wildman–Crippen LogP) is 4.81. The number of carbonyl (C=O) groups excluding carboxylic acids is 1. The van der Waals surface area contributed by atoms with Crippen LogP contribution >= 0.6 is 11.8 Å². The monoisotopic (exact) mass is 345 g/mol. The van der Waals surface area contributed by atoms with E-state index in [4.69, 9.17) is 0 Å². The van der Waals surface area contributed by atoms with Crippen molar-refractivity contribution in [3.8, 4) is 5.75 Å². The Morgan fingerprint density at radius 1 is 1.08 bits per heavy atom. The van der Waals surface area contributed by atoms with E-state index in [0.717, 1.165) is 15.8 Å². The second-order valence-electron chi connectivity index (χ2n) is 4.94. The molecule has 0 aliphatic rings. The summed E-state index contributed by atoms with van der Waals surface area (Å²) in [5, 5.41) is 0.999. The summed E-state index contributed by atoms with van der Waals surface area (Å²) in [7, 11) is 0. The maximum atomic E-state index is 12.3. The highest BCUT2D eigenvalue weighted by Crippen LogP contribution is 2.27. The lowest BCUT2D eigenvalue weighted by Gasteiger charge is -2.07. The average molecular weight is 345 g/mol. The Morgan fingerprint density at radius 3 is 2.58 bits per heavy atom. The fourth-order valence-electron chi connectivity index (χ4n) is 2.24. The van der Waals surface area contributed by atoms with Gasteiger partial charge < -0.3 is 4.74 Å². The van der Waals surface area contributed by atoms with Crippen molar-refractivity contribution in [3.05, 3.63) is 66.4 Å². The zero-order valence-corrected chi connectivity index (χ0v) is 13.3. The van der Waals surface area contributed by atoms with Crippen LogP contribution in [0.5, 0.6) is 5.75 Å². The minimum Gasteiger partial charge on any atom is -0.435 e. The number of thioether (sulfide) groups is 1. The molecule has 3 aromatic rings. The van der Waals surface area contributed by atoms with Crippen LogP contribution in [0.2, 0.25) is 0 Å². The third-order valence-electron chi connectivity index (χ3n) is 3.37. The number of fused-ring (bicyclic) bond motifs is 1. The third-order valence-corrected chi connectivity index (χ3v) is 4.44. The Labute approximate surface area is 141 Å². The molecule has 6 heteroatoms. The van der Waals surface area contributed by atoms with Crippen LogP contribution in [-0.4, -0.2) is 23.1 Å². The van der Waals surface area contributed by atoms with Crippen molar-refractivity contribution in [2.24, 2.45) is 0 Å². The lowest BCUT2D eigenvalue weighted by atomic mass is 10.1. The van der Waals surface area contributed by atoms with Crippen LogP contribution < -0.4 is 4.74 Å². The van der Waals surface area contributed by atoms with Crippen molar-refractivity contribution in [1.29, 1.82) is 0 Å². The Bertz CT molecular complexity index is 848. The molecule has 3 nitrogen and oxygen atoms in total.